The van der Waals surface area contributed by atoms with Crippen LogP contribution in [-0.4, -0.2) is 40.4 Å². The minimum atomic E-state index is -5.08. The standard InChI is InChI=1S/C23H23ClF2N2O2.C2HF3O2/c1-22(2,3)11-18-23(12-27,16-8-7-14(24)10-17(16)26)19(20(28-18)21(29)30)13-5-4-6-15(25)9-13;3-2(4,5)1(6)7/h4-10,18-20,28H,11H2,1-3H3,(H,29,30);(H,6,7)/t18-,19-,20+,23-;/m0./s1. The minimum Gasteiger partial charge on any atom is -0.480 e. The number of rotatable bonds is 4. The highest BCUT2D eigenvalue weighted by atomic mass is 35.5. The second kappa shape index (κ2) is 11.0. The number of hydrogen-bond acceptors (Lipinski definition) is 4. The van der Waals surface area contributed by atoms with Crippen LogP contribution in [0.25, 0.3) is 0 Å². The van der Waals surface area contributed by atoms with Crippen LogP contribution in [-0.2, 0) is 15.0 Å². The van der Waals surface area contributed by atoms with Gasteiger partial charge in [0.2, 0.25) is 0 Å². The predicted molar refractivity (Wildman–Crippen MR) is 124 cm³/mol. The van der Waals surface area contributed by atoms with E-state index < -0.39 is 53.2 Å². The maximum Gasteiger partial charge on any atom is 0.490 e. The number of carboxylic acid groups (broad SMARTS) is 2. The van der Waals surface area contributed by atoms with E-state index in [1.54, 1.807) is 6.07 Å². The van der Waals surface area contributed by atoms with E-state index in [-0.39, 0.29) is 16.0 Å². The first-order chi connectivity index (χ1) is 16.9. The summed E-state index contributed by atoms with van der Waals surface area (Å²) in [6, 6.07) is 9.86. The molecule has 3 N–H and O–H groups in total. The van der Waals surface area contributed by atoms with Gasteiger partial charge in [-0.1, -0.05) is 50.6 Å². The third kappa shape index (κ3) is 6.76. The molecular weight excluding hydrogens is 523 g/mol. The number of carbonyl (C=O) groups is 2. The van der Waals surface area contributed by atoms with Gasteiger partial charge in [0.15, 0.2) is 0 Å². The number of benzene rings is 2. The van der Waals surface area contributed by atoms with Gasteiger partial charge in [-0.25, -0.2) is 13.6 Å². The Morgan fingerprint density at radius 1 is 1.11 bits per heavy atom. The molecule has 1 heterocycles. The second-order valence-electron chi connectivity index (χ2n) is 9.74. The second-order valence-corrected chi connectivity index (χ2v) is 10.2. The molecule has 6 nitrogen and oxygen atoms in total. The fraction of sp³-hybridized carbons (Fsp3) is 0.400. The summed E-state index contributed by atoms with van der Waals surface area (Å²) >= 11 is 5.93. The van der Waals surface area contributed by atoms with Crippen molar-refractivity contribution in [3.63, 3.8) is 0 Å². The highest BCUT2D eigenvalue weighted by Gasteiger charge is 2.60. The first kappa shape index (κ1) is 30.0. The van der Waals surface area contributed by atoms with E-state index in [1.165, 1.54) is 30.3 Å². The number of hydrogen-bond donors (Lipinski definition) is 3. The van der Waals surface area contributed by atoms with E-state index in [1.807, 2.05) is 20.8 Å². The Kier molecular flexibility index (Phi) is 8.94. The van der Waals surface area contributed by atoms with E-state index in [0.29, 0.717) is 12.0 Å². The fourth-order valence-corrected chi connectivity index (χ4v) is 4.67. The van der Waals surface area contributed by atoms with Gasteiger partial charge in [-0.2, -0.15) is 18.4 Å². The maximum absolute atomic E-state index is 15.2. The molecule has 0 aliphatic carbocycles. The van der Waals surface area contributed by atoms with Gasteiger partial charge >= 0.3 is 18.1 Å². The number of nitriles is 1. The third-order valence-corrected chi connectivity index (χ3v) is 6.08. The summed E-state index contributed by atoms with van der Waals surface area (Å²) in [5, 5.41) is 30.7. The fourth-order valence-electron chi connectivity index (χ4n) is 4.51. The van der Waals surface area contributed by atoms with Crippen molar-refractivity contribution >= 4 is 23.5 Å². The first-order valence-electron chi connectivity index (χ1n) is 10.8. The summed E-state index contributed by atoms with van der Waals surface area (Å²) in [6.07, 6.45) is -4.68. The minimum absolute atomic E-state index is 0.0501. The molecule has 4 atom stereocenters. The number of carboxylic acids is 2. The van der Waals surface area contributed by atoms with Crippen LogP contribution in [0.1, 0.15) is 44.2 Å². The zero-order valence-electron chi connectivity index (χ0n) is 19.9. The van der Waals surface area contributed by atoms with E-state index in [2.05, 4.69) is 11.4 Å². The number of nitrogens with one attached hydrogen (secondary N) is 1. The molecule has 12 heteroatoms. The van der Waals surface area contributed by atoms with Crippen molar-refractivity contribution in [1.82, 2.24) is 5.32 Å². The average molecular weight is 547 g/mol. The summed E-state index contributed by atoms with van der Waals surface area (Å²) in [6.45, 7) is 5.88. The molecule has 200 valence electrons. The molecule has 2 aromatic rings. The summed E-state index contributed by atoms with van der Waals surface area (Å²) in [5.41, 5.74) is -1.50. The number of halogens is 6. The zero-order chi connectivity index (χ0) is 28.3. The Bertz CT molecular complexity index is 1210. The number of alkyl halides is 3. The summed E-state index contributed by atoms with van der Waals surface area (Å²) in [7, 11) is 0. The molecule has 0 radical (unpaired) electrons. The van der Waals surface area contributed by atoms with E-state index >= 15 is 4.39 Å². The smallest absolute Gasteiger partial charge is 0.480 e. The Hall–Kier alpha value is -3.23. The van der Waals surface area contributed by atoms with Gasteiger partial charge in [0.05, 0.1) is 6.07 Å². The highest BCUT2D eigenvalue weighted by molar-refractivity contribution is 6.30. The SMILES string of the molecule is CC(C)(C)C[C@@H]1N[C@@H](C(=O)O)[C@H](c2cccc(F)c2)[C@@]1(C#N)c1ccc(Cl)cc1F.O=C(O)C(F)(F)F. The molecule has 0 unspecified atom stereocenters. The third-order valence-electron chi connectivity index (χ3n) is 5.85. The Morgan fingerprint density at radius 3 is 2.14 bits per heavy atom. The van der Waals surface area contributed by atoms with E-state index in [0.717, 1.165) is 6.07 Å². The Morgan fingerprint density at radius 2 is 1.70 bits per heavy atom. The average Bonchev–Trinajstić information content (AvgIpc) is 3.07. The van der Waals surface area contributed by atoms with Crippen molar-refractivity contribution in [1.29, 1.82) is 5.26 Å². The lowest BCUT2D eigenvalue weighted by Gasteiger charge is -2.37. The Labute approximate surface area is 214 Å². The van der Waals surface area contributed by atoms with Crippen LogP contribution in [0.3, 0.4) is 0 Å². The Balaban J connectivity index is 0.000000604. The van der Waals surface area contributed by atoms with Crippen molar-refractivity contribution in [2.45, 2.75) is 56.8 Å². The van der Waals surface area contributed by atoms with Crippen LogP contribution in [0.4, 0.5) is 22.0 Å². The topological polar surface area (TPSA) is 110 Å². The van der Waals surface area contributed by atoms with Gasteiger partial charge in [0.1, 0.15) is 23.1 Å². The van der Waals surface area contributed by atoms with Crippen molar-refractivity contribution < 1.29 is 41.8 Å². The lowest BCUT2D eigenvalue weighted by atomic mass is 9.63. The van der Waals surface area contributed by atoms with Crippen molar-refractivity contribution in [2.75, 3.05) is 0 Å². The summed E-state index contributed by atoms with van der Waals surface area (Å²) < 4.78 is 61.0. The molecule has 0 spiro atoms. The van der Waals surface area contributed by atoms with Crippen LogP contribution >= 0.6 is 11.6 Å². The number of aliphatic carboxylic acids is 2. The molecule has 1 aliphatic heterocycles. The maximum atomic E-state index is 15.2. The van der Waals surface area contributed by atoms with Crippen LogP contribution in [0.5, 0.6) is 0 Å². The van der Waals surface area contributed by atoms with Crippen molar-refractivity contribution in [3.8, 4) is 6.07 Å². The molecule has 1 fully saturated rings. The molecule has 1 saturated heterocycles. The van der Waals surface area contributed by atoms with Gasteiger partial charge in [-0.3, -0.25) is 10.1 Å². The molecule has 0 aromatic heterocycles. The lowest BCUT2D eigenvalue weighted by Crippen LogP contribution is -2.44. The lowest BCUT2D eigenvalue weighted by molar-refractivity contribution is -0.192. The predicted octanol–water partition coefficient (Wildman–Crippen LogP) is 5.66. The molecule has 0 amide bonds. The van der Waals surface area contributed by atoms with Crippen molar-refractivity contribution in [3.05, 3.63) is 70.2 Å². The van der Waals surface area contributed by atoms with Gasteiger partial charge in [-0.15, -0.1) is 0 Å². The summed E-state index contributed by atoms with van der Waals surface area (Å²) in [5.74, 6) is -6.21. The van der Waals surface area contributed by atoms with Crippen LogP contribution < -0.4 is 5.32 Å². The van der Waals surface area contributed by atoms with Crippen LogP contribution in [0.2, 0.25) is 5.02 Å². The van der Waals surface area contributed by atoms with E-state index in [9.17, 15) is 32.7 Å². The largest absolute Gasteiger partial charge is 0.490 e. The van der Waals surface area contributed by atoms with Crippen LogP contribution in [0.15, 0.2) is 42.5 Å². The normalized spacial score (nSPS) is 23.5. The summed E-state index contributed by atoms with van der Waals surface area (Å²) in [4.78, 5) is 21.1. The molecular formula is C25H24ClF5N2O4. The van der Waals surface area contributed by atoms with E-state index in [4.69, 9.17) is 21.5 Å². The van der Waals surface area contributed by atoms with Gasteiger partial charge in [0, 0.05) is 22.5 Å². The monoisotopic (exact) mass is 546 g/mol. The van der Waals surface area contributed by atoms with Gasteiger partial charge in [-0.05, 0) is 41.7 Å². The molecule has 0 saturated carbocycles. The molecule has 1 aliphatic rings. The van der Waals surface area contributed by atoms with Crippen molar-refractivity contribution in [2.24, 2.45) is 5.41 Å². The molecule has 3 rings (SSSR count). The van der Waals surface area contributed by atoms with Crippen LogP contribution in [0, 0.1) is 28.4 Å². The molecule has 2 aromatic carbocycles. The highest BCUT2D eigenvalue weighted by Crippen LogP contribution is 2.51. The molecule has 0 bridgehead atoms. The van der Waals surface area contributed by atoms with Gasteiger partial charge in [0.25, 0.3) is 0 Å². The van der Waals surface area contributed by atoms with Gasteiger partial charge < -0.3 is 10.2 Å². The first-order valence-corrected chi connectivity index (χ1v) is 11.2. The number of nitrogens with zero attached hydrogens (tertiary/aromatic N) is 1. The zero-order valence-corrected chi connectivity index (χ0v) is 20.7. The quantitative estimate of drug-likeness (QED) is 0.427. The molecule has 37 heavy (non-hydrogen) atoms.